The largest absolute Gasteiger partial charge is 0.494 e. The lowest BCUT2D eigenvalue weighted by atomic mass is 10.1. The van der Waals surface area contributed by atoms with E-state index in [1.54, 1.807) is 6.20 Å². The number of aromatic nitrogens is 1. The van der Waals surface area contributed by atoms with Crippen molar-refractivity contribution in [3.8, 4) is 5.75 Å². The zero-order valence-electron chi connectivity index (χ0n) is 17.0. The Morgan fingerprint density at radius 2 is 1.67 bits per heavy atom. The lowest BCUT2D eigenvalue weighted by molar-refractivity contribution is -0.133. The summed E-state index contributed by atoms with van der Waals surface area (Å²) in [6, 6.07) is 17.5. The number of fused-ring (bicyclic) bond motifs is 1. The van der Waals surface area contributed by atoms with Crippen LogP contribution in [0, 0.1) is 0 Å². The molecule has 4 rings (SSSR count). The zero-order chi connectivity index (χ0) is 20.8. The number of H-pyrrole nitrogens is 1. The molecule has 2 aromatic carbocycles. The van der Waals surface area contributed by atoms with Gasteiger partial charge in [0.2, 0.25) is 5.91 Å². The maximum absolute atomic E-state index is 12.7. The number of hydrogen-bond acceptors (Lipinski definition) is 4. The summed E-state index contributed by atoms with van der Waals surface area (Å²) in [7, 11) is 0. The molecule has 6 heteroatoms. The van der Waals surface area contributed by atoms with E-state index in [0.29, 0.717) is 39.1 Å². The number of nitrogens with one attached hydrogen (secondary N) is 1. The highest BCUT2D eigenvalue weighted by Gasteiger charge is 2.23. The fourth-order valence-corrected chi connectivity index (χ4v) is 3.83. The molecule has 1 aliphatic heterocycles. The summed E-state index contributed by atoms with van der Waals surface area (Å²) >= 11 is 0. The van der Waals surface area contributed by atoms with Crippen LogP contribution in [0.2, 0.25) is 0 Å². The van der Waals surface area contributed by atoms with Crippen molar-refractivity contribution >= 4 is 22.6 Å². The minimum absolute atomic E-state index is 0.116. The van der Waals surface area contributed by atoms with Crippen molar-refractivity contribution in [3.63, 3.8) is 0 Å². The van der Waals surface area contributed by atoms with Gasteiger partial charge in [-0.3, -0.25) is 14.5 Å². The van der Waals surface area contributed by atoms with Crippen molar-refractivity contribution < 1.29 is 14.3 Å². The molecule has 0 radical (unpaired) electrons. The van der Waals surface area contributed by atoms with E-state index in [0.717, 1.165) is 35.3 Å². The van der Waals surface area contributed by atoms with Crippen LogP contribution < -0.4 is 4.74 Å². The maximum atomic E-state index is 12.7. The fourth-order valence-electron chi connectivity index (χ4n) is 3.83. The molecular formula is C24H27N3O3. The molecule has 1 fully saturated rings. The van der Waals surface area contributed by atoms with Crippen LogP contribution in [-0.4, -0.2) is 65.8 Å². The summed E-state index contributed by atoms with van der Waals surface area (Å²) in [6.07, 6.45) is 2.98. The lowest BCUT2D eigenvalue weighted by Gasteiger charge is -2.34. The number of piperazine rings is 1. The Bertz CT molecular complexity index is 991. The second-order valence-corrected chi connectivity index (χ2v) is 7.59. The van der Waals surface area contributed by atoms with E-state index in [-0.39, 0.29) is 11.7 Å². The highest BCUT2D eigenvalue weighted by atomic mass is 16.5. The molecule has 156 valence electrons. The van der Waals surface area contributed by atoms with E-state index in [1.165, 1.54) is 0 Å². The summed E-state index contributed by atoms with van der Waals surface area (Å²) in [6.45, 7) is 3.70. The predicted octanol–water partition coefficient (Wildman–Crippen LogP) is 3.35. The first-order valence-electron chi connectivity index (χ1n) is 10.5. The van der Waals surface area contributed by atoms with Crippen molar-refractivity contribution in [2.24, 2.45) is 0 Å². The monoisotopic (exact) mass is 405 g/mol. The van der Waals surface area contributed by atoms with Gasteiger partial charge in [0, 0.05) is 55.3 Å². The van der Waals surface area contributed by atoms with Gasteiger partial charge < -0.3 is 14.6 Å². The SMILES string of the molecule is O=C(CN1CCN(C(=O)CCCOc2ccccc2)CC1)c1c[nH]c2ccccc12. The first-order chi connectivity index (χ1) is 14.7. The second-order valence-electron chi connectivity index (χ2n) is 7.59. The highest BCUT2D eigenvalue weighted by molar-refractivity contribution is 6.08. The minimum atomic E-state index is 0.116. The number of rotatable bonds is 8. The van der Waals surface area contributed by atoms with Gasteiger partial charge in [0.25, 0.3) is 0 Å². The number of ketones is 1. The molecular weight excluding hydrogens is 378 g/mol. The molecule has 1 aliphatic rings. The predicted molar refractivity (Wildman–Crippen MR) is 117 cm³/mol. The van der Waals surface area contributed by atoms with Gasteiger partial charge in [0.15, 0.2) is 5.78 Å². The van der Waals surface area contributed by atoms with Crippen LogP contribution in [0.5, 0.6) is 5.75 Å². The van der Waals surface area contributed by atoms with Crippen LogP contribution in [0.1, 0.15) is 23.2 Å². The number of hydrogen-bond donors (Lipinski definition) is 1. The van der Waals surface area contributed by atoms with Crippen LogP contribution >= 0.6 is 0 Å². The summed E-state index contributed by atoms with van der Waals surface area (Å²) in [5.41, 5.74) is 1.72. The number of Topliss-reactive ketones (excluding diaryl/α,β-unsaturated/α-hetero) is 1. The van der Waals surface area contributed by atoms with Crippen LogP contribution in [-0.2, 0) is 4.79 Å². The van der Waals surface area contributed by atoms with Crippen molar-refractivity contribution in [3.05, 3.63) is 66.4 Å². The normalized spacial score (nSPS) is 14.7. The zero-order valence-corrected chi connectivity index (χ0v) is 17.0. The standard InChI is InChI=1S/C24H27N3O3/c28-23(21-17-25-22-10-5-4-9-20(21)22)18-26-12-14-27(15-13-26)24(29)11-6-16-30-19-7-2-1-3-8-19/h1-5,7-10,17,25H,6,11-16,18H2. The lowest BCUT2D eigenvalue weighted by Crippen LogP contribution is -2.49. The molecule has 30 heavy (non-hydrogen) atoms. The van der Waals surface area contributed by atoms with E-state index < -0.39 is 0 Å². The van der Waals surface area contributed by atoms with Gasteiger partial charge in [0.1, 0.15) is 5.75 Å². The van der Waals surface area contributed by atoms with E-state index in [1.807, 2.05) is 59.5 Å². The summed E-state index contributed by atoms with van der Waals surface area (Å²) in [5.74, 6) is 1.11. The number of carbonyl (C=O) groups excluding carboxylic acids is 2. The van der Waals surface area contributed by atoms with Gasteiger partial charge in [-0.1, -0.05) is 36.4 Å². The first kappa shape index (κ1) is 20.2. The number of amides is 1. The Morgan fingerprint density at radius 1 is 0.933 bits per heavy atom. The van der Waals surface area contributed by atoms with E-state index >= 15 is 0 Å². The maximum Gasteiger partial charge on any atom is 0.222 e. The second kappa shape index (κ2) is 9.59. The molecule has 1 saturated heterocycles. The third-order valence-corrected chi connectivity index (χ3v) is 5.53. The van der Waals surface area contributed by atoms with Crippen LogP contribution in [0.15, 0.2) is 60.8 Å². The number of aromatic amines is 1. The van der Waals surface area contributed by atoms with Gasteiger partial charge in [-0.15, -0.1) is 0 Å². The highest BCUT2D eigenvalue weighted by Crippen LogP contribution is 2.19. The third-order valence-electron chi connectivity index (χ3n) is 5.53. The minimum Gasteiger partial charge on any atom is -0.494 e. The number of para-hydroxylation sites is 2. The molecule has 0 unspecified atom stereocenters. The number of nitrogens with zero attached hydrogens (tertiary/aromatic N) is 2. The Labute approximate surface area is 176 Å². The molecule has 1 N–H and O–H groups in total. The molecule has 0 aliphatic carbocycles. The molecule has 0 atom stereocenters. The smallest absolute Gasteiger partial charge is 0.222 e. The van der Waals surface area contributed by atoms with Crippen LogP contribution in [0.4, 0.5) is 0 Å². The summed E-state index contributed by atoms with van der Waals surface area (Å²) in [4.78, 5) is 32.4. The topological polar surface area (TPSA) is 65.6 Å². The molecule has 1 amide bonds. The molecule has 0 saturated carbocycles. The molecule has 0 spiro atoms. The van der Waals surface area contributed by atoms with Gasteiger partial charge in [-0.05, 0) is 24.6 Å². The van der Waals surface area contributed by atoms with Crippen molar-refractivity contribution in [1.82, 2.24) is 14.8 Å². The van der Waals surface area contributed by atoms with Crippen molar-refractivity contribution in [1.29, 1.82) is 0 Å². The third kappa shape index (κ3) is 4.89. The van der Waals surface area contributed by atoms with E-state index in [4.69, 9.17) is 4.74 Å². The Balaban J connectivity index is 1.19. The van der Waals surface area contributed by atoms with Gasteiger partial charge >= 0.3 is 0 Å². The van der Waals surface area contributed by atoms with Gasteiger partial charge in [0.05, 0.1) is 13.2 Å². The summed E-state index contributed by atoms with van der Waals surface area (Å²) in [5, 5.41) is 0.967. The Morgan fingerprint density at radius 3 is 2.47 bits per heavy atom. The molecule has 1 aromatic heterocycles. The Hall–Kier alpha value is -3.12. The first-order valence-corrected chi connectivity index (χ1v) is 10.5. The average molecular weight is 405 g/mol. The van der Waals surface area contributed by atoms with Crippen LogP contribution in [0.3, 0.4) is 0 Å². The molecule has 3 aromatic rings. The van der Waals surface area contributed by atoms with Gasteiger partial charge in [-0.2, -0.15) is 0 Å². The van der Waals surface area contributed by atoms with E-state index in [9.17, 15) is 9.59 Å². The Kier molecular flexibility index (Phi) is 6.44. The fraction of sp³-hybridized carbons (Fsp3) is 0.333. The average Bonchev–Trinajstić information content (AvgIpc) is 3.22. The number of benzene rings is 2. The number of carbonyl (C=O) groups is 2. The molecule has 6 nitrogen and oxygen atoms in total. The van der Waals surface area contributed by atoms with Gasteiger partial charge in [-0.25, -0.2) is 0 Å². The van der Waals surface area contributed by atoms with Crippen molar-refractivity contribution in [2.45, 2.75) is 12.8 Å². The van der Waals surface area contributed by atoms with Crippen LogP contribution in [0.25, 0.3) is 10.9 Å². The number of ether oxygens (including phenoxy) is 1. The van der Waals surface area contributed by atoms with E-state index in [2.05, 4.69) is 9.88 Å². The molecule has 0 bridgehead atoms. The summed E-state index contributed by atoms with van der Waals surface area (Å²) < 4.78 is 5.65. The quantitative estimate of drug-likeness (QED) is 0.461. The molecule has 2 heterocycles. The van der Waals surface area contributed by atoms with Crippen molar-refractivity contribution in [2.75, 3.05) is 39.3 Å².